The van der Waals surface area contributed by atoms with E-state index in [4.69, 9.17) is 10.6 Å². The van der Waals surface area contributed by atoms with E-state index in [1.165, 1.54) is 24.2 Å². The fourth-order valence-corrected chi connectivity index (χ4v) is 3.09. The van der Waals surface area contributed by atoms with Gasteiger partial charge in [0.15, 0.2) is 0 Å². The summed E-state index contributed by atoms with van der Waals surface area (Å²) in [5.74, 6) is 5.27. The number of nitrogens with two attached hydrogens (primary N) is 1. The Morgan fingerprint density at radius 2 is 2.12 bits per heavy atom. The molecule has 3 N–H and O–H groups in total. The molecule has 7 heteroatoms. The number of hydrogen-bond acceptors (Lipinski definition) is 7. The molecule has 88 valence electrons. The van der Waals surface area contributed by atoms with E-state index in [-0.39, 0.29) is 0 Å². The third kappa shape index (κ3) is 2.03. The predicted molar refractivity (Wildman–Crippen MR) is 60.9 cm³/mol. The molecular weight excluding hydrogens is 226 g/mol. The van der Waals surface area contributed by atoms with E-state index >= 15 is 0 Å². The molecule has 1 aromatic rings. The van der Waals surface area contributed by atoms with Crippen molar-refractivity contribution in [3.63, 3.8) is 0 Å². The Kier molecular flexibility index (Phi) is 2.76. The minimum Gasteiger partial charge on any atom is -0.372 e. The van der Waals surface area contributed by atoms with Gasteiger partial charge in [0.2, 0.25) is 5.13 Å². The second kappa shape index (κ2) is 4.25. The van der Waals surface area contributed by atoms with Crippen LogP contribution >= 0.6 is 11.3 Å². The van der Waals surface area contributed by atoms with Crippen molar-refractivity contribution in [3.8, 4) is 0 Å². The largest absolute Gasteiger partial charge is 0.372 e. The monoisotopic (exact) mass is 241 g/mol. The molecule has 2 bridgehead atoms. The zero-order chi connectivity index (χ0) is 11.0. The number of nitrogens with zero attached hydrogens (tertiary/aromatic N) is 3. The van der Waals surface area contributed by atoms with Crippen LogP contribution in [-0.4, -0.2) is 40.4 Å². The molecule has 2 aliphatic heterocycles. The minimum absolute atomic E-state index is 0.429. The molecule has 2 atom stereocenters. The van der Waals surface area contributed by atoms with Crippen LogP contribution in [0.5, 0.6) is 0 Å². The van der Waals surface area contributed by atoms with Crippen molar-refractivity contribution >= 4 is 16.5 Å². The molecule has 0 amide bonds. The number of aromatic nitrogens is 2. The second-order valence-electron chi connectivity index (χ2n) is 4.30. The number of hydrogen-bond donors (Lipinski definition) is 2. The summed E-state index contributed by atoms with van der Waals surface area (Å²) in [6.45, 7) is 2.89. The molecular formula is C9H15N5OS. The van der Waals surface area contributed by atoms with E-state index in [0.29, 0.717) is 17.3 Å². The molecule has 0 spiro atoms. The first-order chi connectivity index (χ1) is 7.83. The maximum Gasteiger partial charge on any atom is 0.219 e. The van der Waals surface area contributed by atoms with Gasteiger partial charge in [-0.25, -0.2) is 5.84 Å². The fourth-order valence-electron chi connectivity index (χ4n) is 2.40. The number of rotatable bonds is 3. The van der Waals surface area contributed by atoms with Gasteiger partial charge in [-0.15, -0.1) is 10.2 Å². The maximum atomic E-state index is 5.78. The summed E-state index contributed by atoms with van der Waals surface area (Å²) in [4.78, 5) is 2.40. The van der Waals surface area contributed by atoms with Gasteiger partial charge in [-0.1, -0.05) is 11.3 Å². The number of likely N-dealkylation sites (tertiary alicyclic amines) is 1. The quantitative estimate of drug-likeness (QED) is 0.581. The van der Waals surface area contributed by atoms with Crippen LogP contribution in [0.25, 0.3) is 0 Å². The third-order valence-corrected chi connectivity index (χ3v) is 3.91. The average molecular weight is 241 g/mol. The van der Waals surface area contributed by atoms with Crippen LogP contribution in [0.15, 0.2) is 0 Å². The van der Waals surface area contributed by atoms with Crippen LogP contribution in [0.3, 0.4) is 0 Å². The van der Waals surface area contributed by atoms with Crippen molar-refractivity contribution in [2.45, 2.75) is 31.6 Å². The van der Waals surface area contributed by atoms with Crippen molar-refractivity contribution in [1.82, 2.24) is 15.1 Å². The van der Waals surface area contributed by atoms with Crippen LogP contribution < -0.4 is 11.3 Å². The zero-order valence-corrected chi connectivity index (χ0v) is 9.74. The Labute approximate surface area is 97.8 Å². The summed E-state index contributed by atoms with van der Waals surface area (Å²) in [5, 5.41) is 9.70. The predicted octanol–water partition coefficient (Wildman–Crippen LogP) is 0.187. The van der Waals surface area contributed by atoms with Crippen LogP contribution in [0.2, 0.25) is 0 Å². The van der Waals surface area contributed by atoms with E-state index < -0.39 is 0 Å². The first-order valence-electron chi connectivity index (χ1n) is 5.50. The lowest BCUT2D eigenvalue weighted by Gasteiger charge is -2.31. The van der Waals surface area contributed by atoms with Crippen LogP contribution in [0, 0.1) is 0 Å². The van der Waals surface area contributed by atoms with E-state index in [9.17, 15) is 0 Å². The second-order valence-corrected chi connectivity index (χ2v) is 5.36. The molecule has 2 unspecified atom stereocenters. The van der Waals surface area contributed by atoms with Crippen molar-refractivity contribution in [3.05, 3.63) is 5.01 Å². The number of fused-ring (bicyclic) bond motifs is 2. The molecule has 16 heavy (non-hydrogen) atoms. The van der Waals surface area contributed by atoms with Gasteiger partial charge in [0.25, 0.3) is 0 Å². The Morgan fingerprint density at radius 3 is 2.75 bits per heavy atom. The highest BCUT2D eigenvalue weighted by atomic mass is 32.1. The molecule has 2 fully saturated rings. The number of nitrogen functional groups attached to an aromatic ring is 1. The maximum absolute atomic E-state index is 5.78. The molecule has 0 saturated carbocycles. The molecule has 6 nitrogen and oxygen atoms in total. The van der Waals surface area contributed by atoms with Crippen molar-refractivity contribution in [1.29, 1.82) is 0 Å². The Morgan fingerprint density at radius 1 is 1.38 bits per heavy atom. The normalized spacial score (nSPS) is 29.6. The van der Waals surface area contributed by atoms with Gasteiger partial charge in [-0.05, 0) is 12.8 Å². The number of ether oxygens (including phenoxy) is 1. The van der Waals surface area contributed by atoms with Gasteiger partial charge >= 0.3 is 0 Å². The SMILES string of the molecule is NNc1nnc(CN2CC3CCC(C2)O3)s1. The Bertz CT molecular complexity index is 359. The lowest BCUT2D eigenvalue weighted by Crippen LogP contribution is -2.41. The first-order valence-corrected chi connectivity index (χ1v) is 6.32. The van der Waals surface area contributed by atoms with E-state index in [1.807, 2.05) is 0 Å². The van der Waals surface area contributed by atoms with E-state index in [0.717, 1.165) is 24.6 Å². The lowest BCUT2D eigenvalue weighted by atomic mass is 10.2. The lowest BCUT2D eigenvalue weighted by molar-refractivity contribution is -0.0411. The molecule has 2 aliphatic rings. The summed E-state index contributed by atoms with van der Waals surface area (Å²) in [5.41, 5.74) is 2.52. The molecule has 2 saturated heterocycles. The Hall–Kier alpha value is -0.760. The molecule has 3 rings (SSSR count). The first kappa shape index (κ1) is 10.4. The summed E-state index contributed by atoms with van der Waals surface area (Å²) < 4.78 is 5.78. The smallest absolute Gasteiger partial charge is 0.219 e. The van der Waals surface area contributed by atoms with Crippen molar-refractivity contribution in [2.24, 2.45) is 5.84 Å². The summed E-state index contributed by atoms with van der Waals surface area (Å²) in [6.07, 6.45) is 3.26. The number of anilines is 1. The van der Waals surface area contributed by atoms with Gasteiger partial charge < -0.3 is 4.74 Å². The molecule has 0 aromatic carbocycles. The van der Waals surface area contributed by atoms with Crippen LogP contribution in [-0.2, 0) is 11.3 Å². The van der Waals surface area contributed by atoms with Crippen molar-refractivity contribution < 1.29 is 4.74 Å². The molecule has 3 heterocycles. The standard InChI is InChI=1S/C9H15N5OS/c10-11-9-13-12-8(16-9)5-14-3-6-1-2-7(4-14)15-6/h6-7H,1-5,10H2,(H,11,13). The molecule has 0 aliphatic carbocycles. The topological polar surface area (TPSA) is 76.3 Å². The minimum atomic E-state index is 0.429. The fraction of sp³-hybridized carbons (Fsp3) is 0.778. The molecule has 0 radical (unpaired) electrons. The van der Waals surface area contributed by atoms with E-state index in [2.05, 4.69) is 20.5 Å². The van der Waals surface area contributed by atoms with Gasteiger partial charge in [0.1, 0.15) is 5.01 Å². The molecule has 1 aromatic heterocycles. The van der Waals surface area contributed by atoms with Gasteiger partial charge in [-0.3, -0.25) is 10.3 Å². The van der Waals surface area contributed by atoms with Gasteiger partial charge in [0, 0.05) is 13.1 Å². The average Bonchev–Trinajstić information content (AvgIpc) is 2.86. The van der Waals surface area contributed by atoms with Crippen LogP contribution in [0.4, 0.5) is 5.13 Å². The summed E-state index contributed by atoms with van der Waals surface area (Å²) in [6, 6.07) is 0. The highest BCUT2D eigenvalue weighted by Crippen LogP contribution is 2.27. The van der Waals surface area contributed by atoms with Gasteiger partial charge in [-0.2, -0.15) is 0 Å². The Balaban J connectivity index is 1.62. The van der Waals surface area contributed by atoms with Crippen molar-refractivity contribution in [2.75, 3.05) is 18.5 Å². The number of nitrogens with one attached hydrogen (secondary N) is 1. The summed E-state index contributed by atoms with van der Waals surface area (Å²) >= 11 is 1.51. The number of morpholine rings is 1. The van der Waals surface area contributed by atoms with E-state index in [1.54, 1.807) is 0 Å². The van der Waals surface area contributed by atoms with Gasteiger partial charge in [0.05, 0.1) is 18.8 Å². The third-order valence-electron chi connectivity index (χ3n) is 3.07. The zero-order valence-electron chi connectivity index (χ0n) is 8.93. The summed E-state index contributed by atoms with van der Waals surface area (Å²) in [7, 11) is 0. The highest BCUT2D eigenvalue weighted by Gasteiger charge is 2.33. The number of hydrazine groups is 1. The highest BCUT2D eigenvalue weighted by molar-refractivity contribution is 7.15. The van der Waals surface area contributed by atoms with Crippen LogP contribution in [0.1, 0.15) is 17.8 Å².